The molecule has 2 aliphatic rings. The molecule has 84 valence electrons. The van der Waals surface area contributed by atoms with Crippen molar-refractivity contribution in [3.63, 3.8) is 0 Å². The molecule has 2 fully saturated rings. The quantitative estimate of drug-likeness (QED) is 0.626. The Bertz CT molecular complexity index is 168. The lowest BCUT2D eigenvalue weighted by Gasteiger charge is -2.42. The largest absolute Gasteiger partial charge is 0.316 e. The number of hydrogen-bond donors (Lipinski definition) is 1. The van der Waals surface area contributed by atoms with Gasteiger partial charge >= 0.3 is 0 Å². The lowest BCUT2D eigenvalue weighted by Crippen LogP contribution is -2.53. The zero-order valence-corrected chi connectivity index (χ0v) is 10.4. The van der Waals surface area contributed by atoms with Crippen LogP contribution in [0.25, 0.3) is 0 Å². The van der Waals surface area contributed by atoms with Gasteiger partial charge in [0.1, 0.15) is 0 Å². The zero-order chi connectivity index (χ0) is 10.7. The minimum atomic E-state index is 0.624. The van der Waals surface area contributed by atoms with Gasteiger partial charge in [-0.25, -0.2) is 0 Å². The van der Waals surface area contributed by atoms with E-state index in [1.165, 1.54) is 45.2 Å². The third-order valence-electron chi connectivity index (χ3n) is 3.89. The third-order valence-corrected chi connectivity index (χ3v) is 3.89. The average Bonchev–Trinajstić information content (AvgIpc) is 2.26. The fourth-order valence-corrected chi connectivity index (χ4v) is 2.63. The highest BCUT2D eigenvalue weighted by Gasteiger charge is 2.39. The van der Waals surface area contributed by atoms with Gasteiger partial charge in [-0.1, -0.05) is 34.1 Å². The summed E-state index contributed by atoms with van der Waals surface area (Å²) < 4.78 is 0. The van der Waals surface area contributed by atoms with Crippen molar-refractivity contribution in [3.05, 3.63) is 0 Å². The van der Waals surface area contributed by atoms with Gasteiger partial charge in [-0.2, -0.15) is 0 Å². The number of nitrogens with one attached hydrogen (secondary N) is 1. The van der Waals surface area contributed by atoms with Crippen molar-refractivity contribution in [2.75, 3.05) is 13.1 Å². The van der Waals surface area contributed by atoms with Gasteiger partial charge in [-0.3, -0.25) is 0 Å². The molecule has 0 radical (unpaired) electrons. The molecule has 0 atom stereocenters. The lowest BCUT2D eigenvalue weighted by atomic mass is 9.74. The molecule has 1 aliphatic heterocycles. The molecular weight excluding hydrogens is 170 g/mol. The highest BCUT2D eigenvalue weighted by atomic mass is 15.0. The SMILES string of the molecule is CC.CC1(C)CCCC2(CC1)CNC2. The van der Waals surface area contributed by atoms with E-state index in [4.69, 9.17) is 0 Å². The van der Waals surface area contributed by atoms with E-state index < -0.39 is 0 Å². The second-order valence-corrected chi connectivity index (χ2v) is 5.62. The maximum Gasteiger partial charge on any atom is 0.00202 e. The van der Waals surface area contributed by atoms with Crippen molar-refractivity contribution in [1.82, 2.24) is 5.32 Å². The maximum absolute atomic E-state index is 3.43. The second kappa shape index (κ2) is 4.65. The molecule has 1 heterocycles. The highest BCUT2D eigenvalue weighted by molar-refractivity contribution is 4.95. The Kier molecular flexibility index (Phi) is 4.00. The molecule has 0 unspecified atom stereocenters. The van der Waals surface area contributed by atoms with Crippen molar-refractivity contribution < 1.29 is 0 Å². The van der Waals surface area contributed by atoms with Crippen LogP contribution < -0.4 is 5.32 Å². The standard InChI is InChI=1S/C11H21N.C2H6/c1-10(2)4-3-5-11(7-6-10)8-12-9-11;1-2/h12H,3-9H2,1-2H3;1-2H3. The summed E-state index contributed by atoms with van der Waals surface area (Å²) in [5.41, 5.74) is 1.35. The highest BCUT2D eigenvalue weighted by Crippen LogP contribution is 2.44. The van der Waals surface area contributed by atoms with E-state index in [9.17, 15) is 0 Å². The normalized spacial score (nSPS) is 28.3. The van der Waals surface area contributed by atoms with Crippen LogP contribution in [-0.4, -0.2) is 13.1 Å². The summed E-state index contributed by atoms with van der Waals surface area (Å²) in [5.74, 6) is 0. The van der Waals surface area contributed by atoms with Gasteiger partial charge in [0.2, 0.25) is 0 Å². The van der Waals surface area contributed by atoms with E-state index in [1.54, 1.807) is 0 Å². The third kappa shape index (κ3) is 2.73. The fourth-order valence-electron chi connectivity index (χ4n) is 2.63. The van der Waals surface area contributed by atoms with Gasteiger partial charge in [-0.05, 0) is 36.5 Å². The smallest absolute Gasteiger partial charge is 0.00202 e. The Hall–Kier alpha value is -0.0400. The van der Waals surface area contributed by atoms with Gasteiger partial charge in [0.25, 0.3) is 0 Å². The second-order valence-electron chi connectivity index (χ2n) is 5.62. The van der Waals surface area contributed by atoms with Gasteiger partial charge in [0.05, 0.1) is 0 Å². The minimum absolute atomic E-state index is 0.624. The molecular formula is C13H27N. The Morgan fingerprint density at radius 3 is 2.00 bits per heavy atom. The first kappa shape index (κ1) is 12.0. The molecule has 0 aromatic carbocycles. The van der Waals surface area contributed by atoms with Crippen LogP contribution in [0, 0.1) is 10.8 Å². The molecule has 1 nitrogen and oxygen atoms in total. The van der Waals surface area contributed by atoms with E-state index in [-0.39, 0.29) is 0 Å². The van der Waals surface area contributed by atoms with Crippen LogP contribution in [0.3, 0.4) is 0 Å². The molecule has 0 bridgehead atoms. The Morgan fingerprint density at radius 1 is 0.857 bits per heavy atom. The van der Waals surface area contributed by atoms with Crippen molar-refractivity contribution in [2.45, 2.75) is 59.8 Å². The topological polar surface area (TPSA) is 12.0 Å². The van der Waals surface area contributed by atoms with Gasteiger partial charge < -0.3 is 5.32 Å². The van der Waals surface area contributed by atoms with Crippen molar-refractivity contribution >= 4 is 0 Å². The molecule has 1 N–H and O–H groups in total. The van der Waals surface area contributed by atoms with Crippen molar-refractivity contribution in [1.29, 1.82) is 0 Å². The summed E-state index contributed by atoms with van der Waals surface area (Å²) >= 11 is 0. The summed E-state index contributed by atoms with van der Waals surface area (Å²) in [5, 5.41) is 3.43. The molecule has 1 spiro atoms. The zero-order valence-electron chi connectivity index (χ0n) is 10.4. The van der Waals surface area contributed by atoms with Crippen LogP contribution in [0.4, 0.5) is 0 Å². The first-order chi connectivity index (χ1) is 6.62. The molecule has 1 saturated heterocycles. The van der Waals surface area contributed by atoms with Gasteiger partial charge in [0, 0.05) is 13.1 Å². The van der Waals surface area contributed by atoms with Gasteiger partial charge in [-0.15, -0.1) is 0 Å². The van der Waals surface area contributed by atoms with Crippen molar-refractivity contribution in [3.8, 4) is 0 Å². The maximum atomic E-state index is 3.43. The van der Waals surface area contributed by atoms with Crippen LogP contribution >= 0.6 is 0 Å². The van der Waals surface area contributed by atoms with Crippen molar-refractivity contribution in [2.24, 2.45) is 10.8 Å². The molecule has 0 aromatic rings. The number of rotatable bonds is 0. The van der Waals surface area contributed by atoms with E-state index in [0.29, 0.717) is 5.41 Å². The van der Waals surface area contributed by atoms with E-state index in [2.05, 4.69) is 19.2 Å². The summed E-state index contributed by atoms with van der Waals surface area (Å²) in [4.78, 5) is 0. The molecule has 1 heteroatoms. The minimum Gasteiger partial charge on any atom is -0.316 e. The molecule has 1 saturated carbocycles. The Balaban J connectivity index is 0.000000461. The predicted molar refractivity (Wildman–Crippen MR) is 63.5 cm³/mol. The fraction of sp³-hybridized carbons (Fsp3) is 1.00. The first-order valence-corrected chi connectivity index (χ1v) is 6.33. The summed E-state index contributed by atoms with van der Waals surface area (Å²) in [6, 6.07) is 0. The van der Waals surface area contributed by atoms with Crippen LogP contribution in [0.15, 0.2) is 0 Å². The van der Waals surface area contributed by atoms with Crippen LogP contribution in [0.1, 0.15) is 59.8 Å². The molecule has 0 amide bonds. The summed E-state index contributed by atoms with van der Waals surface area (Å²) in [6.07, 6.45) is 7.27. The van der Waals surface area contributed by atoms with Crippen LogP contribution in [0.2, 0.25) is 0 Å². The Morgan fingerprint density at radius 2 is 1.50 bits per heavy atom. The average molecular weight is 197 g/mol. The predicted octanol–water partition coefficient (Wildman–Crippen LogP) is 3.59. The monoisotopic (exact) mass is 197 g/mol. The first-order valence-electron chi connectivity index (χ1n) is 6.33. The summed E-state index contributed by atoms with van der Waals surface area (Å²) in [6.45, 7) is 11.4. The lowest BCUT2D eigenvalue weighted by molar-refractivity contribution is 0.136. The van der Waals surface area contributed by atoms with E-state index in [0.717, 1.165) is 5.41 Å². The van der Waals surface area contributed by atoms with E-state index in [1.807, 2.05) is 13.8 Å². The Labute approximate surface area is 89.7 Å². The molecule has 2 rings (SSSR count). The van der Waals surface area contributed by atoms with Crippen LogP contribution in [0.5, 0.6) is 0 Å². The molecule has 1 aliphatic carbocycles. The molecule has 0 aromatic heterocycles. The van der Waals surface area contributed by atoms with Crippen LogP contribution in [-0.2, 0) is 0 Å². The number of hydrogen-bond acceptors (Lipinski definition) is 1. The summed E-state index contributed by atoms with van der Waals surface area (Å²) in [7, 11) is 0. The molecule has 14 heavy (non-hydrogen) atoms. The van der Waals surface area contributed by atoms with E-state index >= 15 is 0 Å². The van der Waals surface area contributed by atoms with Gasteiger partial charge in [0.15, 0.2) is 0 Å².